The number of rotatable bonds is 4. The molecule has 0 spiro atoms. The first kappa shape index (κ1) is 15.7. The molecule has 1 N–H and O–H groups in total. The van der Waals surface area contributed by atoms with Crippen LogP contribution in [0.15, 0.2) is 39.6 Å². The third-order valence-electron chi connectivity index (χ3n) is 4.78. The Hall–Kier alpha value is -1.83. The number of piperidine rings is 1. The fourth-order valence-electron chi connectivity index (χ4n) is 3.89. The van der Waals surface area contributed by atoms with Crippen LogP contribution in [0.5, 0.6) is 0 Å². The lowest BCUT2D eigenvalue weighted by Crippen LogP contribution is -2.49. The second-order valence-corrected chi connectivity index (χ2v) is 7.45. The van der Waals surface area contributed by atoms with Crippen LogP contribution in [-0.4, -0.2) is 51.5 Å². The van der Waals surface area contributed by atoms with Gasteiger partial charge in [0.1, 0.15) is 6.10 Å². The van der Waals surface area contributed by atoms with E-state index in [0.717, 1.165) is 31.7 Å². The lowest BCUT2D eigenvalue weighted by molar-refractivity contribution is 0.0868. The number of hydrogen-bond donors (Lipinski definition) is 1. The summed E-state index contributed by atoms with van der Waals surface area (Å²) in [5.41, 5.74) is 1.24. The summed E-state index contributed by atoms with van der Waals surface area (Å²) in [6, 6.07) is 5.55. The molecule has 2 aliphatic rings. The smallest absolute Gasteiger partial charge is 0.250 e. The van der Waals surface area contributed by atoms with Gasteiger partial charge in [0.05, 0.1) is 0 Å². The molecule has 4 rings (SSSR count). The van der Waals surface area contributed by atoms with Gasteiger partial charge in [-0.15, -0.1) is 11.3 Å². The van der Waals surface area contributed by atoms with E-state index >= 15 is 0 Å². The molecule has 126 valence electrons. The van der Waals surface area contributed by atoms with Crippen LogP contribution < -0.4 is 5.56 Å². The topological polar surface area (TPSA) is 70.7 Å². The molecule has 0 aromatic carbocycles. The molecule has 2 aromatic heterocycles. The maximum Gasteiger partial charge on any atom is 0.250 e. The molecule has 1 fully saturated rings. The molecule has 1 saturated heterocycles. The fourth-order valence-corrected chi connectivity index (χ4v) is 4.37. The van der Waals surface area contributed by atoms with Gasteiger partial charge in [-0.1, -0.05) is 6.07 Å². The molecule has 6 nitrogen and oxygen atoms in total. The molecular weight excluding hydrogens is 324 g/mol. The number of β-amino-alcohol motifs (C(OH)–C–C–N with tert-alkyl or cyclic N) is 1. The van der Waals surface area contributed by atoms with Gasteiger partial charge in [-0.05, 0) is 18.4 Å². The maximum atomic E-state index is 12.0. The zero-order valence-electron chi connectivity index (χ0n) is 13.3. The van der Waals surface area contributed by atoms with E-state index in [1.807, 2.05) is 16.0 Å². The molecule has 2 bridgehead atoms. The van der Waals surface area contributed by atoms with Crippen molar-refractivity contribution in [2.75, 3.05) is 19.6 Å². The number of likely N-dealkylation sites (tertiary alicyclic amines) is 1. The third-order valence-corrected chi connectivity index (χ3v) is 5.46. The Kier molecular flexibility index (Phi) is 4.30. The highest BCUT2D eigenvalue weighted by molar-refractivity contribution is 7.13. The molecule has 3 atom stereocenters. The quantitative estimate of drug-likeness (QED) is 0.853. The van der Waals surface area contributed by atoms with E-state index in [1.165, 1.54) is 11.3 Å². The molecule has 0 aliphatic carbocycles. The van der Waals surface area contributed by atoms with Crippen LogP contribution in [0.2, 0.25) is 0 Å². The second kappa shape index (κ2) is 6.58. The first-order valence-electron chi connectivity index (χ1n) is 8.23. The highest BCUT2D eigenvalue weighted by atomic mass is 32.1. The first-order valence-corrected chi connectivity index (χ1v) is 9.11. The lowest BCUT2D eigenvalue weighted by atomic mass is 9.83. The zero-order chi connectivity index (χ0) is 16.5. The number of nitrogens with zero attached hydrogens (tertiary/aromatic N) is 4. The van der Waals surface area contributed by atoms with Crippen molar-refractivity contribution in [1.29, 1.82) is 0 Å². The molecule has 0 amide bonds. The molecule has 0 radical (unpaired) electrons. The summed E-state index contributed by atoms with van der Waals surface area (Å²) >= 11 is 1.45. The van der Waals surface area contributed by atoms with Gasteiger partial charge in [0.25, 0.3) is 5.56 Å². The Bertz CT molecular complexity index is 786. The van der Waals surface area contributed by atoms with E-state index in [1.54, 1.807) is 18.5 Å². The molecule has 2 aromatic rings. The van der Waals surface area contributed by atoms with Crippen LogP contribution in [0.25, 0.3) is 0 Å². The monoisotopic (exact) mass is 344 g/mol. The Morgan fingerprint density at radius 3 is 3.17 bits per heavy atom. The van der Waals surface area contributed by atoms with Gasteiger partial charge in [0.2, 0.25) is 5.13 Å². The summed E-state index contributed by atoms with van der Waals surface area (Å²) in [6.45, 7) is 3.14. The summed E-state index contributed by atoms with van der Waals surface area (Å²) in [7, 11) is 0. The number of fused-ring (bicyclic) bond motifs is 4. The van der Waals surface area contributed by atoms with Crippen LogP contribution >= 0.6 is 11.3 Å². The number of thiazole rings is 1. The number of aliphatic imine (C=N–C) groups is 1. The van der Waals surface area contributed by atoms with E-state index in [0.29, 0.717) is 23.5 Å². The molecule has 0 unspecified atom stereocenters. The van der Waals surface area contributed by atoms with Crippen LogP contribution in [0.1, 0.15) is 18.0 Å². The van der Waals surface area contributed by atoms with Gasteiger partial charge in [-0.2, -0.15) is 0 Å². The van der Waals surface area contributed by atoms with E-state index in [-0.39, 0.29) is 5.56 Å². The number of pyridine rings is 1. The van der Waals surface area contributed by atoms with Crippen molar-refractivity contribution in [3.8, 4) is 0 Å². The van der Waals surface area contributed by atoms with Crippen LogP contribution in [0.4, 0.5) is 5.13 Å². The largest absolute Gasteiger partial charge is 0.386 e. The van der Waals surface area contributed by atoms with Gasteiger partial charge in [0, 0.05) is 61.6 Å². The van der Waals surface area contributed by atoms with Gasteiger partial charge < -0.3 is 9.67 Å². The standard InChI is InChI=1S/C17H20N4O2S/c22-14(7-19-17-18-4-5-24-17)11-20-8-12-6-13(10-20)15-2-1-3-16(23)21(15)9-12/h1-5,7,12-14,22H,6,8-11H2/t12-,13-,14+/m0/s1. The van der Waals surface area contributed by atoms with Gasteiger partial charge in [-0.3, -0.25) is 9.69 Å². The SMILES string of the molecule is O=c1cccc2n1C[C@H]1C[C@H]2CN(C[C@H](O)C=Nc2nccs2)C1. The number of aromatic nitrogens is 2. The Balaban J connectivity index is 1.43. The minimum Gasteiger partial charge on any atom is -0.386 e. The van der Waals surface area contributed by atoms with Gasteiger partial charge >= 0.3 is 0 Å². The summed E-state index contributed by atoms with van der Waals surface area (Å²) in [5, 5.41) is 12.8. The Labute approximate surface area is 144 Å². The minimum absolute atomic E-state index is 0.103. The summed E-state index contributed by atoms with van der Waals surface area (Å²) in [6.07, 6.45) is 3.80. The predicted molar refractivity (Wildman–Crippen MR) is 94.3 cm³/mol. The van der Waals surface area contributed by atoms with Crippen molar-refractivity contribution >= 4 is 22.7 Å². The van der Waals surface area contributed by atoms with Gasteiger partial charge in [0.15, 0.2) is 0 Å². The van der Waals surface area contributed by atoms with Crippen LogP contribution in [0, 0.1) is 5.92 Å². The average Bonchev–Trinajstić information content (AvgIpc) is 3.07. The van der Waals surface area contributed by atoms with Crippen LogP contribution in [0.3, 0.4) is 0 Å². The fraction of sp³-hybridized carbons (Fsp3) is 0.471. The van der Waals surface area contributed by atoms with Crippen molar-refractivity contribution in [3.05, 3.63) is 45.8 Å². The second-order valence-electron chi connectivity index (χ2n) is 6.58. The third kappa shape index (κ3) is 3.19. The molecular formula is C17H20N4O2S. The van der Waals surface area contributed by atoms with Crippen molar-refractivity contribution in [3.63, 3.8) is 0 Å². The Morgan fingerprint density at radius 1 is 1.42 bits per heavy atom. The van der Waals surface area contributed by atoms with E-state index in [2.05, 4.69) is 20.9 Å². The van der Waals surface area contributed by atoms with Crippen molar-refractivity contribution in [2.24, 2.45) is 10.9 Å². The number of hydrogen-bond acceptors (Lipinski definition) is 6. The first-order chi connectivity index (χ1) is 11.7. The van der Waals surface area contributed by atoms with Gasteiger partial charge in [-0.25, -0.2) is 9.98 Å². The summed E-state index contributed by atoms with van der Waals surface area (Å²) in [5.74, 6) is 0.842. The lowest BCUT2D eigenvalue weighted by Gasteiger charge is -2.43. The molecule has 7 heteroatoms. The zero-order valence-corrected chi connectivity index (χ0v) is 14.1. The van der Waals surface area contributed by atoms with E-state index < -0.39 is 6.10 Å². The highest BCUT2D eigenvalue weighted by Gasteiger charge is 2.34. The number of aliphatic hydroxyl groups excluding tert-OH is 1. The number of aliphatic hydroxyl groups is 1. The normalized spacial score (nSPS) is 24.9. The molecule has 24 heavy (non-hydrogen) atoms. The van der Waals surface area contributed by atoms with Crippen molar-refractivity contribution in [2.45, 2.75) is 25.0 Å². The van der Waals surface area contributed by atoms with E-state index in [4.69, 9.17) is 0 Å². The highest BCUT2D eigenvalue weighted by Crippen LogP contribution is 2.34. The van der Waals surface area contributed by atoms with Crippen molar-refractivity contribution in [1.82, 2.24) is 14.5 Å². The maximum absolute atomic E-state index is 12.0. The average molecular weight is 344 g/mol. The summed E-state index contributed by atoms with van der Waals surface area (Å²) < 4.78 is 1.93. The Morgan fingerprint density at radius 2 is 2.33 bits per heavy atom. The van der Waals surface area contributed by atoms with Crippen molar-refractivity contribution < 1.29 is 5.11 Å². The molecule has 2 aliphatic heterocycles. The minimum atomic E-state index is -0.606. The van der Waals surface area contributed by atoms with Crippen LogP contribution in [-0.2, 0) is 6.54 Å². The van der Waals surface area contributed by atoms with E-state index in [9.17, 15) is 9.90 Å². The predicted octanol–water partition coefficient (Wildman–Crippen LogP) is 1.49. The summed E-state index contributed by atoms with van der Waals surface area (Å²) in [4.78, 5) is 22.6. The molecule has 0 saturated carbocycles. The molecule has 4 heterocycles.